The molecule has 0 radical (unpaired) electrons. The fraction of sp³-hybridized carbons (Fsp3) is 0.0625. The molecular formula is C16H11Cl2NOS. The number of hydrogen-bond donors (Lipinski definition) is 1. The molecule has 0 saturated heterocycles. The van der Waals surface area contributed by atoms with Crippen molar-refractivity contribution in [2.75, 3.05) is 5.32 Å². The first kappa shape index (κ1) is 14.4. The largest absolute Gasteiger partial charge is 0.321 e. The molecule has 0 bridgehead atoms. The lowest BCUT2D eigenvalue weighted by Crippen LogP contribution is -2.10. The molecule has 5 heteroatoms. The lowest BCUT2D eigenvalue weighted by Gasteiger charge is -2.04. The first-order chi connectivity index (χ1) is 10.0. The fourth-order valence-corrected chi connectivity index (χ4v) is 3.77. The average molecular weight is 336 g/mol. The minimum Gasteiger partial charge on any atom is -0.321 e. The van der Waals surface area contributed by atoms with Gasteiger partial charge in [-0.2, -0.15) is 0 Å². The molecule has 0 saturated carbocycles. The zero-order valence-electron chi connectivity index (χ0n) is 11.1. The molecule has 3 aromatic rings. The van der Waals surface area contributed by atoms with Gasteiger partial charge in [0.1, 0.15) is 4.88 Å². The zero-order valence-corrected chi connectivity index (χ0v) is 13.4. The molecule has 2 aromatic carbocycles. The van der Waals surface area contributed by atoms with Crippen LogP contribution in [0.15, 0.2) is 42.5 Å². The SMILES string of the molecule is Cc1ccc2c(Cl)c(C(=O)Nc3cccc(Cl)c3)sc2c1. The van der Waals surface area contributed by atoms with Crippen molar-refractivity contribution in [1.82, 2.24) is 0 Å². The Kier molecular flexibility index (Phi) is 3.89. The fourth-order valence-electron chi connectivity index (χ4n) is 2.07. The van der Waals surface area contributed by atoms with Crippen LogP contribution in [-0.2, 0) is 0 Å². The Bertz CT molecular complexity index is 841. The molecule has 2 nitrogen and oxygen atoms in total. The summed E-state index contributed by atoms with van der Waals surface area (Å²) in [7, 11) is 0. The summed E-state index contributed by atoms with van der Waals surface area (Å²) >= 11 is 13.6. The molecule has 0 aliphatic rings. The van der Waals surface area contributed by atoms with Crippen LogP contribution in [0.1, 0.15) is 15.2 Å². The highest BCUT2D eigenvalue weighted by Gasteiger charge is 2.17. The molecule has 1 N–H and O–H groups in total. The van der Waals surface area contributed by atoms with Crippen molar-refractivity contribution in [1.29, 1.82) is 0 Å². The maximum absolute atomic E-state index is 12.4. The van der Waals surface area contributed by atoms with Gasteiger partial charge in [0, 0.05) is 20.8 Å². The van der Waals surface area contributed by atoms with Crippen molar-refractivity contribution in [2.45, 2.75) is 6.92 Å². The second-order valence-electron chi connectivity index (χ2n) is 4.71. The van der Waals surface area contributed by atoms with Gasteiger partial charge in [-0.05, 0) is 36.8 Å². The van der Waals surface area contributed by atoms with Gasteiger partial charge >= 0.3 is 0 Å². The number of thiophene rings is 1. The summed E-state index contributed by atoms with van der Waals surface area (Å²) in [4.78, 5) is 12.9. The normalized spacial score (nSPS) is 10.8. The monoisotopic (exact) mass is 335 g/mol. The van der Waals surface area contributed by atoms with Crippen LogP contribution in [0.4, 0.5) is 5.69 Å². The first-order valence-electron chi connectivity index (χ1n) is 6.30. The summed E-state index contributed by atoms with van der Waals surface area (Å²) in [5.74, 6) is -0.221. The van der Waals surface area contributed by atoms with Crippen molar-refractivity contribution in [2.24, 2.45) is 0 Å². The Morgan fingerprint density at radius 1 is 1.14 bits per heavy atom. The molecule has 1 aromatic heterocycles. The number of carbonyl (C=O) groups excluding carboxylic acids is 1. The minimum atomic E-state index is -0.221. The van der Waals surface area contributed by atoms with Gasteiger partial charge in [-0.25, -0.2) is 0 Å². The molecule has 0 aliphatic carbocycles. The highest BCUT2D eigenvalue weighted by atomic mass is 35.5. The van der Waals surface area contributed by atoms with Gasteiger partial charge in [0.15, 0.2) is 0 Å². The van der Waals surface area contributed by atoms with E-state index in [-0.39, 0.29) is 5.91 Å². The van der Waals surface area contributed by atoms with Gasteiger partial charge in [-0.1, -0.05) is 41.4 Å². The lowest BCUT2D eigenvalue weighted by atomic mass is 10.2. The number of hydrogen-bond acceptors (Lipinski definition) is 2. The van der Waals surface area contributed by atoms with E-state index in [1.54, 1.807) is 24.3 Å². The number of nitrogens with one attached hydrogen (secondary N) is 1. The molecule has 0 fully saturated rings. The van der Waals surface area contributed by atoms with E-state index < -0.39 is 0 Å². The number of anilines is 1. The standard InChI is InChI=1S/C16H11Cl2NOS/c1-9-5-6-12-13(7-9)21-15(14(12)18)16(20)19-11-4-2-3-10(17)8-11/h2-8H,1H3,(H,19,20). The quantitative estimate of drug-likeness (QED) is 0.632. The summed E-state index contributed by atoms with van der Waals surface area (Å²) in [6.07, 6.45) is 0. The topological polar surface area (TPSA) is 29.1 Å². The summed E-state index contributed by atoms with van der Waals surface area (Å²) in [5, 5.41) is 4.79. The van der Waals surface area contributed by atoms with E-state index in [2.05, 4.69) is 5.32 Å². The van der Waals surface area contributed by atoms with Crippen molar-refractivity contribution >= 4 is 56.2 Å². The van der Waals surface area contributed by atoms with Crippen LogP contribution in [0.3, 0.4) is 0 Å². The van der Waals surface area contributed by atoms with Crippen LogP contribution in [0.25, 0.3) is 10.1 Å². The highest BCUT2D eigenvalue weighted by Crippen LogP contribution is 2.36. The number of carbonyl (C=O) groups is 1. The molecule has 0 aliphatic heterocycles. The van der Waals surface area contributed by atoms with Crippen LogP contribution in [0, 0.1) is 6.92 Å². The van der Waals surface area contributed by atoms with Gasteiger partial charge in [0.2, 0.25) is 0 Å². The second-order valence-corrected chi connectivity index (χ2v) is 6.58. The number of benzene rings is 2. The third-order valence-electron chi connectivity index (χ3n) is 3.07. The van der Waals surface area contributed by atoms with Crippen molar-refractivity contribution in [3.8, 4) is 0 Å². The van der Waals surface area contributed by atoms with E-state index in [9.17, 15) is 4.79 Å². The highest BCUT2D eigenvalue weighted by molar-refractivity contribution is 7.21. The maximum atomic E-state index is 12.4. The molecule has 0 atom stereocenters. The van der Waals surface area contributed by atoms with Gasteiger partial charge in [-0.15, -0.1) is 11.3 Å². The third-order valence-corrected chi connectivity index (χ3v) is 4.96. The van der Waals surface area contributed by atoms with Crippen LogP contribution in [-0.4, -0.2) is 5.91 Å². The Morgan fingerprint density at radius 3 is 2.71 bits per heavy atom. The van der Waals surface area contributed by atoms with E-state index in [0.717, 1.165) is 15.6 Å². The van der Waals surface area contributed by atoms with Crippen molar-refractivity contribution < 1.29 is 4.79 Å². The predicted molar refractivity (Wildman–Crippen MR) is 91.0 cm³/mol. The number of fused-ring (bicyclic) bond motifs is 1. The average Bonchev–Trinajstić information content (AvgIpc) is 2.75. The first-order valence-corrected chi connectivity index (χ1v) is 7.87. The molecule has 21 heavy (non-hydrogen) atoms. The second kappa shape index (κ2) is 5.68. The predicted octanol–water partition coefficient (Wildman–Crippen LogP) is 5.77. The Balaban J connectivity index is 1.96. The van der Waals surface area contributed by atoms with Gasteiger partial charge in [0.05, 0.1) is 5.02 Å². The van der Waals surface area contributed by atoms with E-state index in [0.29, 0.717) is 20.6 Å². The molecule has 106 valence electrons. The number of halogens is 2. The summed E-state index contributed by atoms with van der Waals surface area (Å²) in [6.45, 7) is 2.01. The summed E-state index contributed by atoms with van der Waals surface area (Å²) < 4.78 is 1.01. The van der Waals surface area contributed by atoms with E-state index in [4.69, 9.17) is 23.2 Å². The van der Waals surface area contributed by atoms with Crippen LogP contribution in [0.2, 0.25) is 10.0 Å². The number of rotatable bonds is 2. The van der Waals surface area contributed by atoms with E-state index in [1.807, 2.05) is 25.1 Å². The summed E-state index contributed by atoms with van der Waals surface area (Å²) in [6, 6.07) is 13.0. The lowest BCUT2D eigenvalue weighted by molar-refractivity contribution is 0.103. The summed E-state index contributed by atoms with van der Waals surface area (Å²) in [5.41, 5.74) is 1.79. The van der Waals surface area contributed by atoms with Crippen molar-refractivity contribution in [3.05, 3.63) is 63.0 Å². The number of amides is 1. The molecule has 0 unspecified atom stereocenters. The third kappa shape index (κ3) is 2.91. The van der Waals surface area contributed by atoms with Gasteiger partial charge in [-0.3, -0.25) is 4.79 Å². The van der Waals surface area contributed by atoms with Gasteiger partial charge < -0.3 is 5.32 Å². The minimum absolute atomic E-state index is 0.221. The number of aryl methyl sites for hydroxylation is 1. The molecular weight excluding hydrogens is 325 g/mol. The van der Waals surface area contributed by atoms with Crippen molar-refractivity contribution in [3.63, 3.8) is 0 Å². The zero-order chi connectivity index (χ0) is 15.0. The Labute approximate surface area is 136 Å². The van der Waals surface area contributed by atoms with Crippen LogP contribution < -0.4 is 5.32 Å². The molecule has 1 heterocycles. The maximum Gasteiger partial charge on any atom is 0.267 e. The molecule has 1 amide bonds. The Hall–Kier alpha value is -1.55. The van der Waals surface area contributed by atoms with Gasteiger partial charge in [0.25, 0.3) is 5.91 Å². The van der Waals surface area contributed by atoms with E-state index >= 15 is 0 Å². The molecule has 3 rings (SSSR count). The van der Waals surface area contributed by atoms with E-state index in [1.165, 1.54) is 11.3 Å². The Morgan fingerprint density at radius 2 is 1.95 bits per heavy atom. The smallest absolute Gasteiger partial charge is 0.267 e. The van der Waals surface area contributed by atoms with Crippen LogP contribution >= 0.6 is 34.5 Å². The van der Waals surface area contributed by atoms with Crippen LogP contribution in [0.5, 0.6) is 0 Å². The molecule has 0 spiro atoms.